The number of rotatable bonds is 4. The summed E-state index contributed by atoms with van der Waals surface area (Å²) in [5.74, 6) is 0.594. The number of thiazole rings is 1. The van der Waals surface area contributed by atoms with E-state index in [1.54, 1.807) is 11.3 Å². The van der Waals surface area contributed by atoms with Gasteiger partial charge in [0.1, 0.15) is 5.01 Å². The molecule has 0 aliphatic heterocycles. The number of nitrogens with two attached hydrogens (primary N) is 1. The molecule has 1 aromatic heterocycles. The molecule has 0 spiro atoms. The molecule has 1 aliphatic carbocycles. The van der Waals surface area contributed by atoms with Gasteiger partial charge in [-0.15, -0.1) is 11.3 Å². The molecule has 1 amide bonds. The lowest BCUT2D eigenvalue weighted by atomic mass is 9.95. The standard InChI is InChI=1S/C13H21N3OS/c1-8-7-18-13(15-8)9(2)16-12(17)11-5-3-4-10(11)6-14/h7,9-11H,3-6,14H2,1-2H3,(H,16,17). The van der Waals surface area contributed by atoms with E-state index in [1.165, 1.54) is 0 Å². The van der Waals surface area contributed by atoms with Crippen LogP contribution in [0.2, 0.25) is 0 Å². The maximum Gasteiger partial charge on any atom is 0.223 e. The first kappa shape index (κ1) is 13.5. The van der Waals surface area contributed by atoms with Crippen molar-refractivity contribution in [2.75, 3.05) is 6.54 Å². The van der Waals surface area contributed by atoms with E-state index >= 15 is 0 Å². The molecule has 0 saturated heterocycles. The second kappa shape index (κ2) is 5.80. The summed E-state index contributed by atoms with van der Waals surface area (Å²) >= 11 is 1.60. The van der Waals surface area contributed by atoms with Crippen molar-refractivity contribution in [2.45, 2.75) is 39.2 Å². The summed E-state index contributed by atoms with van der Waals surface area (Å²) in [7, 11) is 0. The molecule has 1 fully saturated rings. The third-order valence-corrected chi connectivity index (χ3v) is 4.81. The highest BCUT2D eigenvalue weighted by Crippen LogP contribution is 2.31. The van der Waals surface area contributed by atoms with Crippen molar-refractivity contribution < 1.29 is 4.79 Å². The van der Waals surface area contributed by atoms with Crippen molar-refractivity contribution >= 4 is 17.2 Å². The molecule has 3 unspecified atom stereocenters. The highest BCUT2D eigenvalue weighted by atomic mass is 32.1. The fraction of sp³-hybridized carbons (Fsp3) is 0.692. The van der Waals surface area contributed by atoms with Crippen LogP contribution in [0.15, 0.2) is 5.38 Å². The number of carbonyl (C=O) groups is 1. The van der Waals surface area contributed by atoms with E-state index < -0.39 is 0 Å². The molecule has 3 atom stereocenters. The van der Waals surface area contributed by atoms with E-state index in [2.05, 4.69) is 10.3 Å². The predicted octanol–water partition coefficient (Wildman–Crippen LogP) is 2.00. The van der Waals surface area contributed by atoms with Crippen LogP contribution in [0.4, 0.5) is 0 Å². The third-order valence-electron chi connectivity index (χ3n) is 3.66. The Kier molecular flexibility index (Phi) is 4.35. The molecule has 3 N–H and O–H groups in total. The van der Waals surface area contributed by atoms with Crippen molar-refractivity contribution in [1.29, 1.82) is 0 Å². The first-order valence-corrected chi connectivity index (χ1v) is 7.42. The fourth-order valence-corrected chi connectivity index (χ4v) is 3.42. The molecule has 4 nitrogen and oxygen atoms in total. The number of carbonyl (C=O) groups excluding carboxylic acids is 1. The molecule has 5 heteroatoms. The second-order valence-corrected chi connectivity index (χ2v) is 5.98. The van der Waals surface area contributed by atoms with Crippen LogP contribution >= 0.6 is 11.3 Å². The van der Waals surface area contributed by atoms with E-state index in [9.17, 15) is 4.79 Å². The van der Waals surface area contributed by atoms with E-state index in [-0.39, 0.29) is 17.9 Å². The van der Waals surface area contributed by atoms with Gasteiger partial charge in [-0.3, -0.25) is 4.79 Å². The number of aromatic nitrogens is 1. The Bertz CT molecular complexity index is 418. The Morgan fingerprint density at radius 1 is 1.67 bits per heavy atom. The van der Waals surface area contributed by atoms with Gasteiger partial charge in [0.25, 0.3) is 0 Å². The Hall–Kier alpha value is -0.940. The summed E-state index contributed by atoms with van der Waals surface area (Å²) in [6, 6.07) is -0.00442. The number of hydrogen-bond donors (Lipinski definition) is 2. The number of nitrogens with zero attached hydrogens (tertiary/aromatic N) is 1. The van der Waals surface area contributed by atoms with E-state index in [4.69, 9.17) is 5.73 Å². The van der Waals surface area contributed by atoms with Crippen LogP contribution in [0.3, 0.4) is 0 Å². The largest absolute Gasteiger partial charge is 0.347 e. The summed E-state index contributed by atoms with van der Waals surface area (Å²) in [6.07, 6.45) is 3.17. The number of nitrogens with one attached hydrogen (secondary N) is 1. The minimum Gasteiger partial charge on any atom is -0.347 e. The molecule has 1 heterocycles. The van der Waals surface area contributed by atoms with Crippen LogP contribution in [0.25, 0.3) is 0 Å². The molecular formula is C13H21N3OS. The first-order valence-electron chi connectivity index (χ1n) is 6.54. The van der Waals surface area contributed by atoms with Gasteiger partial charge >= 0.3 is 0 Å². The lowest BCUT2D eigenvalue weighted by Crippen LogP contribution is -2.36. The summed E-state index contributed by atoms with van der Waals surface area (Å²) < 4.78 is 0. The van der Waals surface area contributed by atoms with E-state index in [0.717, 1.165) is 30.0 Å². The Balaban J connectivity index is 1.94. The van der Waals surface area contributed by atoms with Crippen molar-refractivity contribution in [3.8, 4) is 0 Å². The molecule has 2 rings (SSSR count). The van der Waals surface area contributed by atoms with Crippen LogP contribution in [0.1, 0.15) is 42.9 Å². The van der Waals surface area contributed by atoms with Crippen LogP contribution in [-0.4, -0.2) is 17.4 Å². The van der Waals surface area contributed by atoms with E-state index in [0.29, 0.717) is 12.5 Å². The van der Waals surface area contributed by atoms with Gasteiger partial charge in [0.05, 0.1) is 6.04 Å². The van der Waals surface area contributed by atoms with Gasteiger partial charge < -0.3 is 11.1 Å². The summed E-state index contributed by atoms with van der Waals surface area (Å²) in [4.78, 5) is 16.6. The average molecular weight is 267 g/mol. The van der Waals surface area contributed by atoms with Gasteiger partial charge in [-0.1, -0.05) is 6.42 Å². The lowest BCUT2D eigenvalue weighted by molar-refractivity contribution is -0.126. The third kappa shape index (κ3) is 2.90. The molecule has 0 radical (unpaired) electrons. The smallest absolute Gasteiger partial charge is 0.223 e. The maximum atomic E-state index is 12.2. The van der Waals surface area contributed by atoms with Gasteiger partial charge in [-0.05, 0) is 39.2 Å². The van der Waals surface area contributed by atoms with Gasteiger partial charge in [-0.25, -0.2) is 4.98 Å². The molecular weight excluding hydrogens is 246 g/mol. The van der Waals surface area contributed by atoms with Crippen LogP contribution in [-0.2, 0) is 4.79 Å². The second-order valence-electron chi connectivity index (χ2n) is 5.09. The van der Waals surface area contributed by atoms with Crippen LogP contribution < -0.4 is 11.1 Å². The van der Waals surface area contributed by atoms with Crippen molar-refractivity contribution in [3.63, 3.8) is 0 Å². The van der Waals surface area contributed by atoms with Gasteiger partial charge in [0.2, 0.25) is 5.91 Å². The van der Waals surface area contributed by atoms with Gasteiger partial charge in [-0.2, -0.15) is 0 Å². The highest BCUT2D eigenvalue weighted by Gasteiger charge is 2.32. The minimum atomic E-state index is -0.00442. The maximum absolute atomic E-state index is 12.2. The van der Waals surface area contributed by atoms with Crippen LogP contribution in [0.5, 0.6) is 0 Å². The Morgan fingerprint density at radius 2 is 2.44 bits per heavy atom. The fourth-order valence-electron chi connectivity index (χ4n) is 2.62. The topological polar surface area (TPSA) is 68.0 Å². The number of aryl methyl sites for hydroxylation is 1. The number of amides is 1. The summed E-state index contributed by atoms with van der Waals surface area (Å²) in [5, 5.41) is 6.05. The van der Waals surface area contributed by atoms with Gasteiger partial charge in [0.15, 0.2) is 0 Å². The molecule has 1 aliphatic rings. The first-order chi connectivity index (χ1) is 8.61. The van der Waals surface area contributed by atoms with Crippen LogP contribution in [0, 0.1) is 18.8 Å². The predicted molar refractivity (Wildman–Crippen MR) is 73.3 cm³/mol. The van der Waals surface area contributed by atoms with Crippen molar-refractivity contribution in [2.24, 2.45) is 17.6 Å². The highest BCUT2D eigenvalue weighted by molar-refractivity contribution is 7.09. The Morgan fingerprint density at radius 3 is 3.06 bits per heavy atom. The quantitative estimate of drug-likeness (QED) is 0.876. The molecule has 100 valence electrons. The normalized spacial score (nSPS) is 25.1. The van der Waals surface area contributed by atoms with Gasteiger partial charge in [0, 0.05) is 17.0 Å². The zero-order valence-corrected chi connectivity index (χ0v) is 11.8. The lowest BCUT2D eigenvalue weighted by Gasteiger charge is -2.19. The molecule has 0 bridgehead atoms. The average Bonchev–Trinajstić information content (AvgIpc) is 2.96. The summed E-state index contributed by atoms with van der Waals surface area (Å²) in [5.41, 5.74) is 6.73. The molecule has 18 heavy (non-hydrogen) atoms. The molecule has 1 aromatic rings. The molecule has 1 saturated carbocycles. The monoisotopic (exact) mass is 267 g/mol. The van der Waals surface area contributed by atoms with E-state index in [1.807, 2.05) is 19.2 Å². The zero-order chi connectivity index (χ0) is 13.1. The SMILES string of the molecule is Cc1csc(C(C)NC(=O)C2CCCC2CN)n1. The van der Waals surface area contributed by atoms with Crippen molar-refractivity contribution in [1.82, 2.24) is 10.3 Å². The minimum absolute atomic E-state index is 0.00442. The summed E-state index contributed by atoms with van der Waals surface area (Å²) in [6.45, 7) is 4.57. The zero-order valence-electron chi connectivity index (χ0n) is 11.0. The number of hydrogen-bond acceptors (Lipinski definition) is 4. The van der Waals surface area contributed by atoms with Crippen molar-refractivity contribution in [3.05, 3.63) is 16.1 Å². The Labute approximate surface area is 112 Å². The molecule has 0 aromatic carbocycles.